The average Bonchev–Trinajstić information content (AvgIpc) is 3.15. The largest absolute Gasteiger partial charge is 0.456 e. The van der Waals surface area contributed by atoms with Crippen LogP contribution in [-0.2, 0) is 25.7 Å². The first-order chi connectivity index (χ1) is 12.2. The Morgan fingerprint density at radius 1 is 1.08 bits per heavy atom. The molecule has 0 atom stereocenters. The van der Waals surface area contributed by atoms with E-state index >= 15 is 0 Å². The van der Waals surface area contributed by atoms with Crippen molar-refractivity contribution in [2.45, 2.75) is 19.4 Å². The molecule has 1 aromatic carbocycles. The van der Waals surface area contributed by atoms with Gasteiger partial charge in [0.15, 0.2) is 6.61 Å². The van der Waals surface area contributed by atoms with E-state index in [-0.39, 0.29) is 31.2 Å². The van der Waals surface area contributed by atoms with Crippen LogP contribution >= 0.6 is 0 Å². The predicted molar refractivity (Wildman–Crippen MR) is 86.2 cm³/mol. The minimum absolute atomic E-state index is 0.0237. The summed E-state index contributed by atoms with van der Waals surface area (Å²) >= 11 is 0. The van der Waals surface area contributed by atoms with Gasteiger partial charge in [-0.1, -0.05) is 18.2 Å². The van der Waals surface area contributed by atoms with Crippen molar-refractivity contribution in [3.8, 4) is 11.5 Å². The molecule has 1 aliphatic rings. The summed E-state index contributed by atoms with van der Waals surface area (Å²) in [6, 6.07) is 9.32. The van der Waals surface area contributed by atoms with Gasteiger partial charge in [0.1, 0.15) is 0 Å². The summed E-state index contributed by atoms with van der Waals surface area (Å²) in [5.74, 6) is 0.0475. The van der Waals surface area contributed by atoms with Crippen molar-refractivity contribution < 1.29 is 23.5 Å². The van der Waals surface area contributed by atoms with E-state index in [1.165, 1.54) is 0 Å². The van der Waals surface area contributed by atoms with Crippen LogP contribution in [0.3, 0.4) is 0 Å². The molecule has 0 radical (unpaired) electrons. The van der Waals surface area contributed by atoms with Crippen molar-refractivity contribution in [1.29, 1.82) is 0 Å². The van der Waals surface area contributed by atoms with Gasteiger partial charge in [-0.2, -0.15) is 0 Å². The fraction of sp³-hybridized carbons (Fsp3) is 0.412. The number of benzene rings is 1. The molecule has 2 heterocycles. The predicted octanol–water partition coefficient (Wildman–Crippen LogP) is 1.42. The van der Waals surface area contributed by atoms with Gasteiger partial charge in [0, 0.05) is 25.1 Å². The standard InChI is InChI=1S/C17H19N3O5/c21-15(20-8-10-23-11-9-20)6-7-16(22)24-12-14-18-19-17(25-14)13-4-2-1-3-5-13/h1-5H,6-12H2. The first-order valence-corrected chi connectivity index (χ1v) is 8.11. The van der Waals surface area contributed by atoms with Gasteiger partial charge in [-0.05, 0) is 12.1 Å². The Labute approximate surface area is 144 Å². The molecular weight excluding hydrogens is 326 g/mol. The van der Waals surface area contributed by atoms with E-state index in [1.54, 1.807) is 4.90 Å². The van der Waals surface area contributed by atoms with Crippen molar-refractivity contribution >= 4 is 11.9 Å². The number of ether oxygens (including phenoxy) is 2. The van der Waals surface area contributed by atoms with Gasteiger partial charge in [0.2, 0.25) is 11.8 Å². The Hall–Kier alpha value is -2.74. The van der Waals surface area contributed by atoms with Gasteiger partial charge in [-0.15, -0.1) is 10.2 Å². The molecule has 1 saturated heterocycles. The summed E-state index contributed by atoms with van der Waals surface area (Å²) < 4.78 is 15.7. The van der Waals surface area contributed by atoms with Crippen molar-refractivity contribution in [2.75, 3.05) is 26.3 Å². The van der Waals surface area contributed by atoms with Crippen LogP contribution < -0.4 is 0 Å². The summed E-state index contributed by atoms with van der Waals surface area (Å²) in [7, 11) is 0. The third-order valence-electron chi connectivity index (χ3n) is 3.75. The number of aromatic nitrogens is 2. The number of carbonyl (C=O) groups is 2. The maximum Gasteiger partial charge on any atom is 0.306 e. The van der Waals surface area contributed by atoms with E-state index in [0.29, 0.717) is 32.2 Å². The molecule has 0 bridgehead atoms. The Bertz CT molecular complexity index is 710. The van der Waals surface area contributed by atoms with Crippen LogP contribution in [0.25, 0.3) is 11.5 Å². The first kappa shape index (κ1) is 17.1. The topological polar surface area (TPSA) is 94.8 Å². The lowest BCUT2D eigenvalue weighted by molar-refractivity contribution is -0.148. The number of esters is 1. The first-order valence-electron chi connectivity index (χ1n) is 8.11. The molecule has 8 heteroatoms. The van der Waals surface area contributed by atoms with Gasteiger partial charge in [-0.3, -0.25) is 9.59 Å². The van der Waals surface area contributed by atoms with Crippen LogP contribution in [0.2, 0.25) is 0 Å². The summed E-state index contributed by atoms with van der Waals surface area (Å²) in [5, 5.41) is 7.77. The molecular formula is C17H19N3O5. The molecule has 3 rings (SSSR count). The molecule has 1 fully saturated rings. The van der Waals surface area contributed by atoms with Gasteiger partial charge < -0.3 is 18.8 Å². The maximum absolute atomic E-state index is 12.0. The minimum atomic E-state index is -0.471. The third kappa shape index (κ3) is 4.87. The Balaban J connectivity index is 1.42. The SMILES string of the molecule is O=C(CCC(=O)N1CCOCC1)OCc1nnc(-c2ccccc2)o1. The fourth-order valence-electron chi connectivity index (χ4n) is 2.40. The van der Waals surface area contributed by atoms with E-state index < -0.39 is 5.97 Å². The highest BCUT2D eigenvalue weighted by Gasteiger charge is 2.18. The van der Waals surface area contributed by atoms with Crippen LogP contribution in [0, 0.1) is 0 Å². The second-order valence-corrected chi connectivity index (χ2v) is 5.52. The molecule has 0 spiro atoms. The highest BCUT2D eigenvalue weighted by atomic mass is 16.5. The Kier molecular flexibility index (Phi) is 5.73. The van der Waals surface area contributed by atoms with E-state index in [1.807, 2.05) is 30.3 Å². The van der Waals surface area contributed by atoms with Gasteiger partial charge in [0.05, 0.1) is 19.6 Å². The lowest BCUT2D eigenvalue weighted by Crippen LogP contribution is -2.40. The molecule has 0 aliphatic carbocycles. The van der Waals surface area contributed by atoms with Crippen LogP contribution in [0.4, 0.5) is 0 Å². The van der Waals surface area contributed by atoms with Crippen LogP contribution in [0.5, 0.6) is 0 Å². The molecule has 0 unspecified atom stereocenters. The summed E-state index contributed by atoms with van der Waals surface area (Å²) in [6.07, 6.45) is 0.147. The van der Waals surface area contributed by atoms with E-state index in [9.17, 15) is 9.59 Å². The Morgan fingerprint density at radius 3 is 2.60 bits per heavy atom. The number of carbonyl (C=O) groups excluding carboxylic acids is 2. The molecule has 2 aromatic rings. The van der Waals surface area contributed by atoms with Crippen LogP contribution in [0.1, 0.15) is 18.7 Å². The van der Waals surface area contributed by atoms with E-state index in [0.717, 1.165) is 5.56 Å². The quantitative estimate of drug-likeness (QED) is 0.731. The average molecular weight is 345 g/mol. The highest BCUT2D eigenvalue weighted by Crippen LogP contribution is 2.17. The smallest absolute Gasteiger partial charge is 0.306 e. The molecule has 25 heavy (non-hydrogen) atoms. The zero-order valence-corrected chi connectivity index (χ0v) is 13.7. The third-order valence-corrected chi connectivity index (χ3v) is 3.75. The van der Waals surface area contributed by atoms with Crippen molar-refractivity contribution in [1.82, 2.24) is 15.1 Å². The fourth-order valence-corrected chi connectivity index (χ4v) is 2.40. The number of nitrogens with zero attached hydrogens (tertiary/aromatic N) is 3. The number of amides is 1. The molecule has 0 N–H and O–H groups in total. The second-order valence-electron chi connectivity index (χ2n) is 5.52. The highest BCUT2D eigenvalue weighted by molar-refractivity contribution is 5.81. The van der Waals surface area contributed by atoms with Crippen molar-refractivity contribution in [3.05, 3.63) is 36.2 Å². The van der Waals surface area contributed by atoms with Gasteiger partial charge >= 0.3 is 5.97 Å². The number of morpholine rings is 1. The summed E-state index contributed by atoms with van der Waals surface area (Å²) in [6.45, 7) is 2.11. The molecule has 132 valence electrons. The number of rotatable bonds is 6. The van der Waals surface area contributed by atoms with Crippen LogP contribution in [-0.4, -0.2) is 53.3 Å². The Morgan fingerprint density at radius 2 is 1.84 bits per heavy atom. The molecule has 8 nitrogen and oxygen atoms in total. The lowest BCUT2D eigenvalue weighted by Gasteiger charge is -2.26. The van der Waals surface area contributed by atoms with Crippen molar-refractivity contribution in [2.24, 2.45) is 0 Å². The summed E-state index contributed by atoms with van der Waals surface area (Å²) in [5.41, 5.74) is 0.795. The molecule has 1 aliphatic heterocycles. The lowest BCUT2D eigenvalue weighted by atomic mass is 10.2. The molecule has 1 aromatic heterocycles. The van der Waals surface area contributed by atoms with Crippen LogP contribution in [0.15, 0.2) is 34.7 Å². The van der Waals surface area contributed by atoms with Gasteiger partial charge in [0.25, 0.3) is 5.89 Å². The zero-order chi connectivity index (χ0) is 17.5. The maximum atomic E-state index is 12.0. The van der Waals surface area contributed by atoms with E-state index in [2.05, 4.69) is 10.2 Å². The minimum Gasteiger partial charge on any atom is -0.456 e. The monoisotopic (exact) mass is 345 g/mol. The summed E-state index contributed by atoms with van der Waals surface area (Å²) in [4.78, 5) is 25.4. The van der Waals surface area contributed by atoms with E-state index in [4.69, 9.17) is 13.9 Å². The zero-order valence-electron chi connectivity index (χ0n) is 13.7. The van der Waals surface area contributed by atoms with Gasteiger partial charge in [-0.25, -0.2) is 0 Å². The van der Waals surface area contributed by atoms with Crippen molar-refractivity contribution in [3.63, 3.8) is 0 Å². The second kappa shape index (κ2) is 8.39. The molecule has 0 saturated carbocycles. The number of hydrogen-bond acceptors (Lipinski definition) is 7. The molecule has 1 amide bonds. The number of hydrogen-bond donors (Lipinski definition) is 0. The normalized spacial score (nSPS) is 14.3.